The molecule has 6 heteroatoms. The van der Waals surface area contributed by atoms with Crippen LogP contribution in [0.5, 0.6) is 0 Å². The second-order valence-corrected chi connectivity index (χ2v) is 13.2. The Morgan fingerprint density at radius 2 is 0.896 bits per heavy atom. The SMILES string of the molecule is Cc1ccc(-c2c3nc(c(-c4ccco4)c4ccc([nH]4)c(-c4ccco4)c4nc(c(-c5ccc(C)cc5)c5ccc2s5)C=C4)C=C3)cc1. The number of furan rings is 2. The molecule has 0 radical (unpaired) electrons. The fourth-order valence-corrected chi connectivity index (χ4v) is 7.64. The number of nitrogens with zero attached hydrogens (tertiary/aromatic N) is 2. The third kappa shape index (κ3) is 4.86. The van der Waals surface area contributed by atoms with Gasteiger partial charge in [-0.15, -0.1) is 11.3 Å². The van der Waals surface area contributed by atoms with Gasteiger partial charge < -0.3 is 13.8 Å². The Kier molecular flexibility index (Phi) is 6.69. The highest BCUT2D eigenvalue weighted by Gasteiger charge is 2.20. The summed E-state index contributed by atoms with van der Waals surface area (Å²) >= 11 is 1.76. The Morgan fingerprint density at radius 3 is 1.29 bits per heavy atom. The van der Waals surface area contributed by atoms with Crippen LogP contribution in [-0.2, 0) is 0 Å². The minimum Gasteiger partial charge on any atom is -0.464 e. The van der Waals surface area contributed by atoms with Crippen molar-refractivity contribution in [3.63, 3.8) is 0 Å². The maximum Gasteiger partial charge on any atom is 0.138 e. The van der Waals surface area contributed by atoms with E-state index in [9.17, 15) is 0 Å². The number of aromatic nitrogens is 3. The first-order chi connectivity index (χ1) is 23.6. The van der Waals surface area contributed by atoms with Crippen molar-refractivity contribution >= 4 is 56.1 Å². The minimum atomic E-state index is 0.732. The van der Waals surface area contributed by atoms with Gasteiger partial charge in [0.15, 0.2) is 0 Å². The fraction of sp³-hybridized carbons (Fsp3) is 0.0476. The van der Waals surface area contributed by atoms with Crippen molar-refractivity contribution < 1.29 is 8.83 Å². The molecule has 230 valence electrons. The molecule has 2 aliphatic heterocycles. The molecular weight excluding hydrogens is 611 g/mol. The van der Waals surface area contributed by atoms with Gasteiger partial charge in [-0.2, -0.15) is 0 Å². The van der Waals surface area contributed by atoms with Crippen LogP contribution in [0, 0.1) is 13.8 Å². The Balaban J connectivity index is 1.47. The van der Waals surface area contributed by atoms with Gasteiger partial charge in [0.2, 0.25) is 0 Å². The largest absolute Gasteiger partial charge is 0.464 e. The average Bonchev–Trinajstić information content (AvgIpc) is 3.94. The number of hydrogen-bond donors (Lipinski definition) is 1. The number of H-pyrrole nitrogens is 1. The van der Waals surface area contributed by atoms with E-state index in [1.807, 2.05) is 24.3 Å². The molecule has 2 aliphatic rings. The van der Waals surface area contributed by atoms with E-state index >= 15 is 0 Å². The van der Waals surface area contributed by atoms with Crippen LogP contribution in [0.25, 0.3) is 89.6 Å². The summed E-state index contributed by atoms with van der Waals surface area (Å²) in [5, 5.41) is 0. The predicted octanol–water partition coefficient (Wildman–Crippen LogP) is 11.9. The standard InChI is InChI=1S/C42H29N3O2S/c1-25-7-11-27(12-8-25)39-29-15-17-31(43-29)41(35-5-3-23-46-35)33-19-20-34(45-33)42(36-6-4-24-47-36)32-18-16-30(44-32)40(38-22-21-37(39)48-38)28-13-9-26(2)10-14-28/h3-24,45H,1-2H3. The molecule has 0 fully saturated rings. The molecule has 0 saturated heterocycles. The second kappa shape index (κ2) is 11.4. The summed E-state index contributed by atoms with van der Waals surface area (Å²) in [4.78, 5) is 14.3. The fourth-order valence-electron chi connectivity index (χ4n) is 6.48. The maximum atomic E-state index is 6.00. The molecule has 0 atom stereocenters. The number of rotatable bonds is 4. The van der Waals surface area contributed by atoms with E-state index in [2.05, 4.69) is 116 Å². The van der Waals surface area contributed by atoms with Gasteiger partial charge in [-0.25, -0.2) is 9.97 Å². The van der Waals surface area contributed by atoms with Crippen molar-refractivity contribution in [1.82, 2.24) is 15.0 Å². The van der Waals surface area contributed by atoms with Crippen molar-refractivity contribution in [3.05, 3.63) is 143 Å². The highest BCUT2D eigenvalue weighted by molar-refractivity contribution is 7.24. The molecule has 5 nitrogen and oxygen atoms in total. The van der Waals surface area contributed by atoms with E-state index in [0.29, 0.717) is 0 Å². The van der Waals surface area contributed by atoms with E-state index in [0.717, 1.165) is 88.1 Å². The number of nitrogens with one attached hydrogen (secondary N) is 1. The molecule has 0 unspecified atom stereocenters. The van der Waals surface area contributed by atoms with E-state index in [4.69, 9.17) is 18.8 Å². The number of aryl methyl sites for hydroxylation is 2. The number of hydrogen-bond acceptors (Lipinski definition) is 5. The number of aromatic amines is 1. The summed E-state index contributed by atoms with van der Waals surface area (Å²) in [6.07, 6.45) is 11.8. The van der Waals surface area contributed by atoms with Crippen LogP contribution < -0.4 is 0 Å². The highest BCUT2D eigenvalue weighted by Crippen LogP contribution is 2.41. The predicted molar refractivity (Wildman–Crippen MR) is 198 cm³/mol. The lowest BCUT2D eigenvalue weighted by Gasteiger charge is -2.06. The van der Waals surface area contributed by atoms with Gasteiger partial charge in [0.05, 0.1) is 57.5 Å². The zero-order valence-corrected chi connectivity index (χ0v) is 27.1. The van der Waals surface area contributed by atoms with Gasteiger partial charge in [-0.3, -0.25) is 0 Å². The lowest BCUT2D eigenvalue weighted by molar-refractivity contribution is 0.582. The summed E-state index contributed by atoms with van der Waals surface area (Å²) in [6.45, 7) is 4.23. The highest BCUT2D eigenvalue weighted by atomic mass is 32.1. The van der Waals surface area contributed by atoms with Crippen molar-refractivity contribution in [2.45, 2.75) is 13.8 Å². The number of thiophene rings is 1. The van der Waals surface area contributed by atoms with E-state index in [1.165, 1.54) is 11.1 Å². The molecule has 5 aromatic heterocycles. The van der Waals surface area contributed by atoms with Crippen LogP contribution >= 0.6 is 11.3 Å². The molecular formula is C42H29N3O2S. The first kappa shape index (κ1) is 28.3. The van der Waals surface area contributed by atoms with Crippen molar-refractivity contribution in [2.75, 3.05) is 0 Å². The first-order valence-electron chi connectivity index (χ1n) is 15.9. The normalized spacial score (nSPS) is 12.2. The average molecular weight is 640 g/mol. The molecule has 0 amide bonds. The summed E-state index contributed by atoms with van der Waals surface area (Å²) in [6, 6.07) is 33.7. The number of fused-ring (bicyclic) bond motifs is 8. The zero-order chi connectivity index (χ0) is 32.2. The van der Waals surface area contributed by atoms with E-state index in [1.54, 1.807) is 23.9 Å². The molecule has 8 bridgehead atoms. The Bertz CT molecular complexity index is 2370. The third-order valence-electron chi connectivity index (χ3n) is 8.84. The van der Waals surface area contributed by atoms with Crippen LogP contribution in [0.3, 0.4) is 0 Å². The Hall–Kier alpha value is -5.98. The third-order valence-corrected chi connectivity index (χ3v) is 9.96. The summed E-state index contributed by atoms with van der Waals surface area (Å²) in [5.74, 6) is 1.46. The summed E-state index contributed by atoms with van der Waals surface area (Å²) < 4.78 is 14.3. The van der Waals surface area contributed by atoms with E-state index < -0.39 is 0 Å². The van der Waals surface area contributed by atoms with Crippen LogP contribution in [0.2, 0.25) is 0 Å². The monoisotopic (exact) mass is 639 g/mol. The summed E-state index contributed by atoms with van der Waals surface area (Å²) in [7, 11) is 0. The van der Waals surface area contributed by atoms with Crippen LogP contribution in [-0.4, -0.2) is 15.0 Å². The minimum absolute atomic E-state index is 0.732. The van der Waals surface area contributed by atoms with Crippen molar-refractivity contribution in [3.8, 4) is 44.9 Å². The van der Waals surface area contributed by atoms with Crippen LogP contribution in [0.15, 0.2) is 118 Å². The van der Waals surface area contributed by atoms with Gasteiger partial charge in [0.25, 0.3) is 0 Å². The van der Waals surface area contributed by atoms with Crippen LogP contribution in [0.1, 0.15) is 33.9 Å². The van der Waals surface area contributed by atoms with Crippen molar-refractivity contribution in [1.29, 1.82) is 0 Å². The lowest BCUT2D eigenvalue weighted by Crippen LogP contribution is -1.87. The zero-order valence-electron chi connectivity index (χ0n) is 26.3. The van der Waals surface area contributed by atoms with Crippen molar-refractivity contribution in [2.24, 2.45) is 0 Å². The Morgan fingerprint density at radius 1 is 0.479 bits per heavy atom. The first-order valence-corrected chi connectivity index (χ1v) is 16.7. The quantitative estimate of drug-likeness (QED) is 0.208. The molecule has 7 heterocycles. The topological polar surface area (TPSA) is 67.8 Å². The van der Waals surface area contributed by atoms with Gasteiger partial charge in [0.1, 0.15) is 11.5 Å². The maximum absolute atomic E-state index is 6.00. The molecule has 2 aromatic carbocycles. The lowest BCUT2D eigenvalue weighted by atomic mass is 10.0. The number of benzene rings is 2. The van der Waals surface area contributed by atoms with Gasteiger partial charge in [-0.05, 0) is 97.8 Å². The second-order valence-electron chi connectivity index (χ2n) is 12.1. The smallest absolute Gasteiger partial charge is 0.138 e. The molecule has 48 heavy (non-hydrogen) atoms. The Labute approximate surface area is 281 Å². The molecule has 9 rings (SSSR count). The van der Waals surface area contributed by atoms with Gasteiger partial charge >= 0.3 is 0 Å². The van der Waals surface area contributed by atoms with Gasteiger partial charge in [-0.1, -0.05) is 59.7 Å². The molecule has 0 spiro atoms. The molecule has 0 aliphatic carbocycles. The molecule has 0 saturated carbocycles. The van der Waals surface area contributed by atoms with Gasteiger partial charge in [0, 0.05) is 20.5 Å². The molecule has 1 N–H and O–H groups in total. The van der Waals surface area contributed by atoms with Crippen LogP contribution in [0.4, 0.5) is 0 Å². The molecule has 7 aromatic rings. The van der Waals surface area contributed by atoms with E-state index in [-0.39, 0.29) is 0 Å². The summed E-state index contributed by atoms with van der Waals surface area (Å²) in [5.41, 5.74) is 13.8.